The Morgan fingerprint density at radius 2 is 1.68 bits per heavy atom. The Labute approximate surface area is 231 Å². The maximum Gasteiger partial charge on any atom is 0.344 e. The second-order valence-corrected chi connectivity index (χ2v) is 10.8. The van der Waals surface area contributed by atoms with Gasteiger partial charge in [0, 0.05) is 23.8 Å². The maximum absolute atomic E-state index is 13.4. The van der Waals surface area contributed by atoms with Crippen LogP contribution in [-0.4, -0.2) is 27.1 Å². The van der Waals surface area contributed by atoms with Crippen LogP contribution < -0.4 is 25.6 Å². The van der Waals surface area contributed by atoms with Gasteiger partial charge in [-0.15, -0.1) is 0 Å². The summed E-state index contributed by atoms with van der Waals surface area (Å²) < 4.78 is 27.9. The topological polar surface area (TPSA) is 134 Å². The van der Waals surface area contributed by atoms with Crippen molar-refractivity contribution in [3.63, 3.8) is 0 Å². The Morgan fingerprint density at radius 1 is 1.00 bits per heavy atom. The number of allylic oxidation sites excluding steroid dienone is 3. The SMILES string of the molecule is COc1cc(-c2cc3cc(C4C(C#N)=C(N)OC5=C4C(=O)CC(C)(C)C5)cc(C)c3oc2=O)cc(OC)c1OC. The number of hydrogen-bond acceptors (Lipinski definition) is 9. The van der Waals surface area contributed by atoms with Gasteiger partial charge >= 0.3 is 5.63 Å². The van der Waals surface area contributed by atoms with Crippen LogP contribution in [0.4, 0.5) is 0 Å². The molecule has 0 saturated carbocycles. The number of carbonyl (C=O) groups is 1. The number of nitrogens with two attached hydrogens (primary N) is 1. The lowest BCUT2D eigenvalue weighted by molar-refractivity contribution is -0.119. The van der Waals surface area contributed by atoms with Gasteiger partial charge < -0.3 is 29.1 Å². The summed E-state index contributed by atoms with van der Waals surface area (Å²) in [6, 6.07) is 10.9. The molecule has 3 aromatic rings. The number of nitriles is 1. The molecule has 0 saturated heterocycles. The molecule has 0 amide bonds. The second kappa shape index (κ2) is 9.79. The molecular formula is C31H30N2O7. The highest BCUT2D eigenvalue weighted by Crippen LogP contribution is 2.48. The Balaban J connectivity index is 1.72. The van der Waals surface area contributed by atoms with Crippen molar-refractivity contribution in [2.45, 2.75) is 39.5 Å². The number of nitrogens with zero attached hydrogens (tertiary/aromatic N) is 1. The van der Waals surface area contributed by atoms with Crippen molar-refractivity contribution in [1.29, 1.82) is 5.26 Å². The number of fused-ring (bicyclic) bond motifs is 1. The van der Waals surface area contributed by atoms with E-state index < -0.39 is 11.5 Å². The summed E-state index contributed by atoms with van der Waals surface area (Å²) in [6.07, 6.45) is 0.855. The molecule has 0 fully saturated rings. The van der Waals surface area contributed by atoms with Gasteiger partial charge in [0.05, 0.1) is 32.8 Å². The zero-order valence-corrected chi connectivity index (χ0v) is 23.3. The summed E-state index contributed by atoms with van der Waals surface area (Å²) in [5.41, 5.74) is 8.54. The van der Waals surface area contributed by atoms with Gasteiger partial charge in [0.2, 0.25) is 11.6 Å². The third-order valence-electron chi connectivity index (χ3n) is 7.42. The minimum Gasteiger partial charge on any atom is -0.493 e. The second-order valence-electron chi connectivity index (χ2n) is 10.8. The molecule has 0 radical (unpaired) electrons. The lowest BCUT2D eigenvalue weighted by Gasteiger charge is -2.37. The molecule has 40 heavy (non-hydrogen) atoms. The van der Waals surface area contributed by atoms with E-state index in [1.807, 2.05) is 32.9 Å². The first-order valence-electron chi connectivity index (χ1n) is 12.7. The van der Waals surface area contributed by atoms with Crippen molar-refractivity contribution in [3.8, 4) is 34.4 Å². The van der Waals surface area contributed by atoms with E-state index in [1.54, 1.807) is 18.2 Å². The molecule has 1 aromatic heterocycles. The fourth-order valence-electron chi connectivity index (χ4n) is 5.66. The average Bonchev–Trinajstić information content (AvgIpc) is 2.90. The van der Waals surface area contributed by atoms with Crippen LogP contribution in [0.1, 0.15) is 43.7 Å². The van der Waals surface area contributed by atoms with Crippen LogP contribution in [0.2, 0.25) is 0 Å². The standard InChI is InChI=1S/C31H30N2O7/c1-15-7-17(25-20(14-32)29(33)39-24-13-31(2,3)12-21(34)26(24)25)8-18-9-19(30(35)40-27(15)18)16-10-22(36-4)28(38-6)23(11-16)37-5/h7-11,25H,12-13,33H2,1-6H3. The first-order chi connectivity index (χ1) is 19.0. The molecule has 9 nitrogen and oxygen atoms in total. The maximum atomic E-state index is 13.4. The minimum atomic E-state index is -0.697. The largest absolute Gasteiger partial charge is 0.493 e. The molecule has 2 N–H and O–H groups in total. The van der Waals surface area contributed by atoms with Crippen molar-refractivity contribution >= 4 is 16.8 Å². The van der Waals surface area contributed by atoms with Crippen molar-refractivity contribution in [3.05, 3.63) is 74.7 Å². The van der Waals surface area contributed by atoms with Crippen molar-refractivity contribution < 1.29 is 28.2 Å². The Bertz CT molecular complexity index is 1710. The molecule has 1 unspecified atom stereocenters. The molecule has 9 heteroatoms. The van der Waals surface area contributed by atoms with E-state index >= 15 is 0 Å². The number of carbonyl (C=O) groups excluding carboxylic acids is 1. The third-order valence-corrected chi connectivity index (χ3v) is 7.42. The van der Waals surface area contributed by atoms with Gasteiger partial charge in [-0.3, -0.25) is 4.79 Å². The van der Waals surface area contributed by atoms with E-state index in [0.717, 1.165) is 0 Å². The van der Waals surface area contributed by atoms with Crippen LogP contribution in [0.3, 0.4) is 0 Å². The van der Waals surface area contributed by atoms with E-state index in [1.165, 1.54) is 21.3 Å². The van der Waals surface area contributed by atoms with Gasteiger partial charge in [0.15, 0.2) is 17.3 Å². The van der Waals surface area contributed by atoms with Crippen molar-refractivity contribution in [2.24, 2.45) is 11.1 Å². The summed E-state index contributed by atoms with van der Waals surface area (Å²) in [5, 5.41) is 10.6. The van der Waals surface area contributed by atoms with Crippen LogP contribution >= 0.6 is 0 Å². The van der Waals surface area contributed by atoms with Crippen LogP contribution in [0, 0.1) is 23.7 Å². The minimum absolute atomic E-state index is 0.00722. The summed E-state index contributed by atoms with van der Waals surface area (Å²) in [6.45, 7) is 5.81. The number of ketones is 1. The Kier molecular flexibility index (Phi) is 6.58. The third kappa shape index (κ3) is 4.35. The number of aryl methyl sites for hydroxylation is 1. The van der Waals surface area contributed by atoms with E-state index in [4.69, 9.17) is 29.1 Å². The average molecular weight is 543 g/mol. The fourth-order valence-corrected chi connectivity index (χ4v) is 5.66. The molecule has 2 heterocycles. The number of ether oxygens (including phenoxy) is 4. The summed E-state index contributed by atoms with van der Waals surface area (Å²) in [7, 11) is 4.49. The van der Waals surface area contributed by atoms with Gasteiger partial charge in [-0.25, -0.2) is 4.79 Å². The Morgan fingerprint density at radius 3 is 2.27 bits per heavy atom. The van der Waals surface area contributed by atoms with Gasteiger partial charge in [0.1, 0.15) is 23.0 Å². The zero-order chi connectivity index (χ0) is 28.9. The van der Waals surface area contributed by atoms with Gasteiger partial charge in [-0.05, 0) is 53.3 Å². The van der Waals surface area contributed by atoms with Crippen molar-refractivity contribution in [2.75, 3.05) is 21.3 Å². The number of methoxy groups -OCH3 is 3. The van der Waals surface area contributed by atoms with E-state index in [2.05, 4.69) is 6.07 Å². The van der Waals surface area contributed by atoms with Crippen LogP contribution in [-0.2, 0) is 9.53 Å². The summed E-state index contributed by atoms with van der Waals surface area (Å²) in [4.78, 5) is 26.5. The van der Waals surface area contributed by atoms with Crippen molar-refractivity contribution in [1.82, 2.24) is 0 Å². The molecule has 1 aliphatic heterocycles. The van der Waals surface area contributed by atoms with E-state index in [-0.39, 0.29) is 28.2 Å². The first kappa shape index (κ1) is 26.9. The quantitative estimate of drug-likeness (QED) is 0.429. The number of hydrogen-bond donors (Lipinski definition) is 1. The molecule has 1 aliphatic carbocycles. The van der Waals surface area contributed by atoms with Gasteiger partial charge in [-0.2, -0.15) is 5.26 Å². The normalized spacial score (nSPS) is 18.2. The van der Waals surface area contributed by atoms with Gasteiger partial charge in [0.25, 0.3) is 0 Å². The highest BCUT2D eigenvalue weighted by molar-refractivity contribution is 6.00. The predicted molar refractivity (Wildman–Crippen MR) is 148 cm³/mol. The smallest absolute Gasteiger partial charge is 0.344 e. The van der Waals surface area contributed by atoms with Crippen LogP contribution in [0.25, 0.3) is 22.1 Å². The van der Waals surface area contributed by atoms with E-state index in [9.17, 15) is 14.9 Å². The highest BCUT2D eigenvalue weighted by Gasteiger charge is 2.43. The van der Waals surface area contributed by atoms with Crippen LogP contribution in [0.5, 0.6) is 17.2 Å². The molecule has 5 rings (SSSR count). The molecular weight excluding hydrogens is 512 g/mol. The summed E-state index contributed by atoms with van der Waals surface area (Å²) >= 11 is 0. The zero-order valence-electron chi connectivity index (χ0n) is 23.3. The lowest BCUT2D eigenvalue weighted by atomic mass is 9.70. The Hall–Kier alpha value is -4.71. The van der Waals surface area contributed by atoms with Crippen LogP contribution in [0.15, 0.2) is 62.3 Å². The number of rotatable bonds is 5. The molecule has 0 spiro atoms. The van der Waals surface area contributed by atoms with Gasteiger partial charge in [-0.1, -0.05) is 19.9 Å². The predicted octanol–water partition coefficient (Wildman–Crippen LogP) is 5.25. The number of benzene rings is 2. The van der Waals surface area contributed by atoms with E-state index in [0.29, 0.717) is 69.1 Å². The molecule has 1 atom stereocenters. The molecule has 0 bridgehead atoms. The monoisotopic (exact) mass is 542 g/mol. The first-order valence-corrected chi connectivity index (χ1v) is 12.7. The molecule has 2 aromatic carbocycles. The molecule has 206 valence electrons. The highest BCUT2D eigenvalue weighted by atomic mass is 16.5. The lowest BCUT2D eigenvalue weighted by Crippen LogP contribution is -2.33. The number of Topliss-reactive ketones (excluding diaryl/α,β-unsaturated/α-hetero) is 1. The molecule has 2 aliphatic rings. The summed E-state index contributed by atoms with van der Waals surface area (Å²) in [5.74, 6) is 0.894. The fraction of sp³-hybridized carbons (Fsp3) is 0.323.